The maximum Gasteiger partial charge on any atom is 0.165 e. The van der Waals surface area contributed by atoms with Crippen LogP contribution >= 0.6 is 0 Å². The molecule has 1 aromatic rings. The van der Waals surface area contributed by atoms with E-state index in [0.717, 1.165) is 17.8 Å². The number of β-amino-alcohol motifs (C(OH)–C–C–N with tert-alkyl or cyclic N) is 1. The molecule has 4 saturated carbocycles. The molecule has 0 spiro atoms. The van der Waals surface area contributed by atoms with E-state index in [1.807, 2.05) is 0 Å². The van der Waals surface area contributed by atoms with Gasteiger partial charge in [0.15, 0.2) is 11.6 Å². The SMILES string of the molecule is OC(CNC12CC3CC(CC(C3)C1)C2)COc1ccccc1F. The summed E-state index contributed by atoms with van der Waals surface area (Å²) < 4.78 is 18.9. The number of halogens is 1. The van der Waals surface area contributed by atoms with E-state index in [-0.39, 0.29) is 23.7 Å². The van der Waals surface area contributed by atoms with E-state index in [9.17, 15) is 9.50 Å². The van der Waals surface area contributed by atoms with Gasteiger partial charge in [-0.2, -0.15) is 0 Å². The molecule has 0 aliphatic heterocycles. The highest BCUT2D eigenvalue weighted by Gasteiger charge is 2.50. The average molecular weight is 319 g/mol. The molecular formula is C19H26FNO2. The van der Waals surface area contributed by atoms with Crippen LogP contribution in [0.3, 0.4) is 0 Å². The lowest BCUT2D eigenvalue weighted by atomic mass is 9.53. The summed E-state index contributed by atoms with van der Waals surface area (Å²) in [5.41, 5.74) is 0.244. The summed E-state index contributed by atoms with van der Waals surface area (Å²) in [5, 5.41) is 13.8. The molecule has 4 fully saturated rings. The molecule has 1 aromatic carbocycles. The first-order chi connectivity index (χ1) is 11.1. The van der Waals surface area contributed by atoms with Gasteiger partial charge in [0, 0.05) is 12.1 Å². The minimum Gasteiger partial charge on any atom is -0.488 e. The molecule has 4 aliphatic rings. The predicted octanol–water partition coefficient (Wildman–Crippen LogP) is 3.12. The summed E-state index contributed by atoms with van der Waals surface area (Å²) in [6, 6.07) is 6.33. The van der Waals surface area contributed by atoms with Gasteiger partial charge in [0.2, 0.25) is 0 Å². The molecule has 1 atom stereocenters. The first kappa shape index (κ1) is 15.4. The zero-order chi connectivity index (χ0) is 15.9. The number of nitrogens with one attached hydrogen (secondary N) is 1. The summed E-state index contributed by atoms with van der Waals surface area (Å²) in [7, 11) is 0. The third-order valence-electron chi connectivity index (χ3n) is 6.02. The second kappa shape index (κ2) is 6.06. The van der Waals surface area contributed by atoms with Gasteiger partial charge in [-0.05, 0) is 68.4 Å². The van der Waals surface area contributed by atoms with Gasteiger partial charge >= 0.3 is 0 Å². The number of hydrogen-bond donors (Lipinski definition) is 2. The zero-order valence-corrected chi connectivity index (χ0v) is 13.5. The molecular weight excluding hydrogens is 293 g/mol. The Labute approximate surface area is 137 Å². The Hall–Kier alpha value is -1.13. The van der Waals surface area contributed by atoms with Crippen LogP contribution in [0.25, 0.3) is 0 Å². The predicted molar refractivity (Wildman–Crippen MR) is 86.8 cm³/mol. The molecule has 0 saturated heterocycles. The van der Waals surface area contributed by atoms with Gasteiger partial charge in [-0.25, -0.2) is 4.39 Å². The molecule has 1 unspecified atom stereocenters. The van der Waals surface area contributed by atoms with Crippen LogP contribution in [0.4, 0.5) is 4.39 Å². The van der Waals surface area contributed by atoms with E-state index < -0.39 is 6.10 Å². The Balaban J connectivity index is 1.28. The second-order valence-electron chi connectivity index (χ2n) is 7.97. The lowest BCUT2D eigenvalue weighted by Gasteiger charge is -2.57. The van der Waals surface area contributed by atoms with Crippen LogP contribution in [0, 0.1) is 23.6 Å². The van der Waals surface area contributed by atoms with Crippen molar-refractivity contribution in [1.82, 2.24) is 5.32 Å². The van der Waals surface area contributed by atoms with Gasteiger partial charge in [0.1, 0.15) is 12.7 Å². The lowest BCUT2D eigenvalue weighted by molar-refractivity contribution is -0.0267. The maximum atomic E-state index is 13.5. The molecule has 3 nitrogen and oxygen atoms in total. The summed E-state index contributed by atoms with van der Waals surface area (Å²) in [6.45, 7) is 0.654. The Bertz CT molecular complexity index is 527. The van der Waals surface area contributed by atoms with Crippen LogP contribution in [0.1, 0.15) is 38.5 Å². The van der Waals surface area contributed by atoms with Crippen molar-refractivity contribution < 1.29 is 14.2 Å². The lowest BCUT2D eigenvalue weighted by Crippen LogP contribution is -2.59. The quantitative estimate of drug-likeness (QED) is 0.846. The Kier molecular flexibility index (Phi) is 4.06. The molecule has 0 amide bonds. The summed E-state index contributed by atoms with van der Waals surface area (Å²) >= 11 is 0. The number of hydrogen-bond acceptors (Lipinski definition) is 3. The number of aliphatic hydroxyl groups is 1. The first-order valence-electron chi connectivity index (χ1n) is 8.92. The van der Waals surface area contributed by atoms with E-state index >= 15 is 0 Å². The number of ether oxygens (including phenoxy) is 1. The minimum absolute atomic E-state index is 0.125. The number of aliphatic hydroxyl groups excluding tert-OH is 1. The Morgan fingerprint density at radius 2 is 1.74 bits per heavy atom. The topological polar surface area (TPSA) is 41.5 Å². The van der Waals surface area contributed by atoms with Gasteiger partial charge in [-0.15, -0.1) is 0 Å². The largest absolute Gasteiger partial charge is 0.488 e. The third-order valence-corrected chi connectivity index (χ3v) is 6.02. The Morgan fingerprint density at radius 3 is 2.35 bits per heavy atom. The highest BCUT2D eigenvalue weighted by Crippen LogP contribution is 2.55. The van der Waals surface area contributed by atoms with Crippen molar-refractivity contribution in [3.8, 4) is 5.75 Å². The standard InChI is InChI=1S/C19H26FNO2/c20-17-3-1-2-4-18(17)23-12-16(22)11-21-19-8-13-5-14(9-19)7-15(6-13)10-19/h1-4,13-16,21-22H,5-12H2. The summed E-state index contributed by atoms with van der Waals surface area (Å²) in [4.78, 5) is 0. The van der Waals surface area contributed by atoms with E-state index in [4.69, 9.17) is 4.74 Å². The van der Waals surface area contributed by atoms with E-state index in [2.05, 4.69) is 5.32 Å². The minimum atomic E-state index is -0.609. The average Bonchev–Trinajstić information content (AvgIpc) is 2.51. The maximum absolute atomic E-state index is 13.5. The van der Waals surface area contributed by atoms with Crippen molar-refractivity contribution in [2.75, 3.05) is 13.2 Å². The van der Waals surface area contributed by atoms with Crippen molar-refractivity contribution in [3.63, 3.8) is 0 Å². The molecule has 4 heteroatoms. The highest BCUT2D eigenvalue weighted by molar-refractivity contribution is 5.23. The molecule has 4 aliphatic carbocycles. The van der Waals surface area contributed by atoms with Crippen molar-refractivity contribution in [1.29, 1.82) is 0 Å². The van der Waals surface area contributed by atoms with Gasteiger partial charge in [-0.3, -0.25) is 0 Å². The first-order valence-corrected chi connectivity index (χ1v) is 8.92. The zero-order valence-electron chi connectivity index (χ0n) is 13.5. The second-order valence-corrected chi connectivity index (χ2v) is 7.97. The smallest absolute Gasteiger partial charge is 0.165 e. The van der Waals surface area contributed by atoms with Crippen molar-refractivity contribution >= 4 is 0 Å². The highest BCUT2D eigenvalue weighted by atomic mass is 19.1. The van der Waals surface area contributed by atoms with Crippen molar-refractivity contribution in [2.24, 2.45) is 17.8 Å². The molecule has 0 radical (unpaired) electrons. The Morgan fingerprint density at radius 1 is 1.13 bits per heavy atom. The van der Waals surface area contributed by atoms with Gasteiger partial charge in [0.05, 0.1) is 0 Å². The molecule has 23 heavy (non-hydrogen) atoms. The van der Waals surface area contributed by atoms with Crippen LogP contribution in [0.2, 0.25) is 0 Å². The van der Waals surface area contributed by atoms with Crippen LogP contribution in [0.5, 0.6) is 5.75 Å². The fourth-order valence-corrected chi connectivity index (χ4v) is 5.47. The van der Waals surface area contributed by atoms with Crippen molar-refractivity contribution in [2.45, 2.75) is 50.2 Å². The van der Waals surface area contributed by atoms with E-state index in [0.29, 0.717) is 6.54 Å². The fourth-order valence-electron chi connectivity index (χ4n) is 5.47. The van der Waals surface area contributed by atoms with Gasteiger partial charge in [-0.1, -0.05) is 12.1 Å². The van der Waals surface area contributed by atoms with Crippen LogP contribution in [-0.4, -0.2) is 29.9 Å². The van der Waals surface area contributed by atoms with Crippen molar-refractivity contribution in [3.05, 3.63) is 30.1 Å². The fraction of sp³-hybridized carbons (Fsp3) is 0.684. The third kappa shape index (κ3) is 3.24. The monoisotopic (exact) mass is 319 g/mol. The normalized spacial score (nSPS) is 36.2. The molecule has 126 valence electrons. The molecule has 5 rings (SSSR count). The molecule has 4 bridgehead atoms. The van der Waals surface area contributed by atoms with E-state index in [1.165, 1.54) is 44.6 Å². The van der Waals surface area contributed by atoms with Crippen LogP contribution < -0.4 is 10.1 Å². The van der Waals surface area contributed by atoms with Gasteiger partial charge in [0.25, 0.3) is 0 Å². The van der Waals surface area contributed by atoms with Crippen LogP contribution in [0.15, 0.2) is 24.3 Å². The summed E-state index contributed by atoms with van der Waals surface area (Å²) in [6.07, 6.45) is 7.43. The molecule has 0 heterocycles. The number of para-hydroxylation sites is 1. The number of benzene rings is 1. The van der Waals surface area contributed by atoms with E-state index in [1.54, 1.807) is 18.2 Å². The molecule has 2 N–H and O–H groups in total. The summed E-state index contributed by atoms with van der Waals surface area (Å²) in [5.74, 6) is 2.50. The van der Waals surface area contributed by atoms with Gasteiger partial charge < -0.3 is 15.2 Å². The number of rotatable bonds is 6. The van der Waals surface area contributed by atoms with Crippen LogP contribution in [-0.2, 0) is 0 Å². The molecule has 0 aromatic heterocycles.